The molecule has 0 radical (unpaired) electrons. The van der Waals surface area contributed by atoms with Gasteiger partial charge < -0.3 is 15.2 Å². The van der Waals surface area contributed by atoms with Crippen LogP contribution in [0.15, 0.2) is 59.9 Å². The van der Waals surface area contributed by atoms with Gasteiger partial charge in [0.05, 0.1) is 5.57 Å². The van der Waals surface area contributed by atoms with Crippen LogP contribution in [-0.2, 0) is 11.8 Å². The third-order valence-electron chi connectivity index (χ3n) is 4.25. The lowest BCUT2D eigenvalue weighted by molar-refractivity contribution is -0.113. The summed E-state index contributed by atoms with van der Waals surface area (Å²) in [7, 11) is 1.93. The molecule has 8 nitrogen and oxygen atoms in total. The quantitative estimate of drug-likeness (QED) is 0.763. The van der Waals surface area contributed by atoms with Crippen LogP contribution in [0.1, 0.15) is 18.7 Å². The largest absolute Gasteiger partial charge is 0.352 e. The topological polar surface area (TPSA) is 89.7 Å². The molecule has 0 unspecified atom stereocenters. The second-order valence-corrected chi connectivity index (χ2v) is 5.88. The number of carbonyl (C=O) groups is 1. The van der Waals surface area contributed by atoms with E-state index in [1.807, 2.05) is 67.2 Å². The van der Waals surface area contributed by atoms with E-state index in [9.17, 15) is 4.79 Å². The molecule has 4 rings (SSSR count). The first-order chi connectivity index (χ1) is 12.1. The first kappa shape index (κ1) is 15.1. The zero-order valence-electron chi connectivity index (χ0n) is 13.8. The standard InChI is InChI=1S/C17H17N7O/c1-11-14(16(25)19-12-7-4-3-5-8-12)15(13-9-6-10-23(13)2)24-17(18-11)20-21-22-24/h3-10,15H,1-2H3,(H,19,25)(H,18,20,22)/t15-/m1/s1. The van der Waals surface area contributed by atoms with Crippen LogP contribution < -0.4 is 10.6 Å². The Labute approximate surface area is 144 Å². The molecule has 3 heterocycles. The van der Waals surface area contributed by atoms with Gasteiger partial charge in [0.1, 0.15) is 6.04 Å². The number of fused-ring (bicyclic) bond motifs is 1. The smallest absolute Gasteiger partial charge is 0.255 e. The van der Waals surface area contributed by atoms with Crippen molar-refractivity contribution in [2.75, 3.05) is 10.6 Å². The number of nitrogens with one attached hydrogen (secondary N) is 2. The van der Waals surface area contributed by atoms with Gasteiger partial charge in [0, 0.05) is 30.3 Å². The molecular weight excluding hydrogens is 318 g/mol. The molecule has 0 fully saturated rings. The third kappa shape index (κ3) is 2.57. The van der Waals surface area contributed by atoms with Crippen LogP contribution in [0.25, 0.3) is 0 Å². The van der Waals surface area contributed by atoms with E-state index in [-0.39, 0.29) is 5.91 Å². The molecule has 126 valence electrons. The zero-order valence-corrected chi connectivity index (χ0v) is 13.8. The van der Waals surface area contributed by atoms with Crippen molar-refractivity contribution in [2.45, 2.75) is 13.0 Å². The van der Waals surface area contributed by atoms with E-state index >= 15 is 0 Å². The molecule has 3 aromatic rings. The highest BCUT2D eigenvalue weighted by atomic mass is 16.1. The highest BCUT2D eigenvalue weighted by Crippen LogP contribution is 2.34. The number of anilines is 2. The maximum absolute atomic E-state index is 13.0. The normalized spacial score (nSPS) is 16.3. The first-order valence-corrected chi connectivity index (χ1v) is 7.88. The molecule has 0 spiro atoms. The van der Waals surface area contributed by atoms with Crippen molar-refractivity contribution in [1.29, 1.82) is 0 Å². The summed E-state index contributed by atoms with van der Waals surface area (Å²) in [5.74, 6) is 0.323. The summed E-state index contributed by atoms with van der Waals surface area (Å²) in [5, 5.41) is 17.9. The highest BCUT2D eigenvalue weighted by Gasteiger charge is 2.35. The van der Waals surface area contributed by atoms with Gasteiger partial charge >= 0.3 is 0 Å². The minimum atomic E-state index is -0.407. The van der Waals surface area contributed by atoms with Gasteiger partial charge in [0.15, 0.2) is 0 Å². The van der Waals surface area contributed by atoms with Gasteiger partial charge in [-0.15, -0.1) is 0 Å². The predicted octanol–water partition coefficient (Wildman–Crippen LogP) is 1.94. The Morgan fingerprint density at radius 2 is 2.00 bits per heavy atom. The Morgan fingerprint density at radius 1 is 1.20 bits per heavy atom. The summed E-state index contributed by atoms with van der Waals surface area (Å²) >= 11 is 0. The van der Waals surface area contributed by atoms with E-state index in [1.54, 1.807) is 4.68 Å². The fraction of sp³-hybridized carbons (Fsp3) is 0.176. The van der Waals surface area contributed by atoms with Crippen molar-refractivity contribution in [2.24, 2.45) is 7.05 Å². The molecule has 8 heteroatoms. The van der Waals surface area contributed by atoms with Crippen molar-refractivity contribution in [3.05, 3.63) is 65.6 Å². The molecule has 1 aliphatic rings. The summed E-state index contributed by atoms with van der Waals surface area (Å²) in [6.07, 6.45) is 1.93. The van der Waals surface area contributed by atoms with Crippen LogP contribution >= 0.6 is 0 Å². The minimum Gasteiger partial charge on any atom is -0.352 e. The van der Waals surface area contributed by atoms with Crippen molar-refractivity contribution < 1.29 is 4.79 Å². The van der Waals surface area contributed by atoms with Gasteiger partial charge in [0.2, 0.25) is 5.95 Å². The van der Waals surface area contributed by atoms with E-state index in [2.05, 4.69) is 26.2 Å². The number of hydrogen-bond donors (Lipinski definition) is 2. The average molecular weight is 335 g/mol. The van der Waals surface area contributed by atoms with E-state index in [1.165, 1.54) is 0 Å². The lowest BCUT2D eigenvalue weighted by Gasteiger charge is -2.28. The number of hydrogen-bond acceptors (Lipinski definition) is 5. The summed E-state index contributed by atoms with van der Waals surface area (Å²) < 4.78 is 3.59. The SMILES string of the molecule is CC1=C(C(=O)Nc2ccccc2)[C@@H](c2cccn2C)n2nnnc2N1. The summed E-state index contributed by atoms with van der Waals surface area (Å²) in [4.78, 5) is 13.0. The van der Waals surface area contributed by atoms with Crippen LogP contribution in [0.3, 0.4) is 0 Å². The molecule has 0 saturated carbocycles. The molecule has 0 aliphatic carbocycles. The Bertz CT molecular complexity index is 954. The van der Waals surface area contributed by atoms with Crippen molar-refractivity contribution in [3.63, 3.8) is 0 Å². The number of tetrazole rings is 1. The number of allylic oxidation sites excluding steroid dienone is 1. The van der Waals surface area contributed by atoms with Crippen molar-refractivity contribution in [3.8, 4) is 0 Å². The van der Waals surface area contributed by atoms with Crippen LogP contribution in [0.2, 0.25) is 0 Å². The van der Waals surface area contributed by atoms with E-state index in [4.69, 9.17) is 0 Å². The van der Waals surface area contributed by atoms with Crippen LogP contribution in [0.4, 0.5) is 11.6 Å². The van der Waals surface area contributed by atoms with Gasteiger partial charge in [-0.1, -0.05) is 23.3 Å². The number of amides is 1. The Balaban J connectivity index is 1.78. The number of carbonyl (C=O) groups excluding carboxylic acids is 1. The number of para-hydroxylation sites is 1. The molecule has 1 aliphatic heterocycles. The summed E-state index contributed by atoms with van der Waals surface area (Å²) in [6.45, 7) is 1.86. The van der Waals surface area contributed by atoms with Crippen LogP contribution in [0, 0.1) is 0 Å². The lowest BCUT2D eigenvalue weighted by Crippen LogP contribution is -2.32. The van der Waals surface area contributed by atoms with Crippen LogP contribution in [0.5, 0.6) is 0 Å². The summed E-state index contributed by atoms with van der Waals surface area (Å²) in [6, 6.07) is 12.9. The van der Waals surface area contributed by atoms with Crippen molar-refractivity contribution >= 4 is 17.5 Å². The Morgan fingerprint density at radius 3 is 2.72 bits per heavy atom. The number of aromatic nitrogens is 5. The average Bonchev–Trinajstić information content (AvgIpc) is 3.23. The van der Waals surface area contributed by atoms with E-state index in [0.717, 1.165) is 17.1 Å². The maximum Gasteiger partial charge on any atom is 0.255 e. The number of benzene rings is 1. The third-order valence-corrected chi connectivity index (χ3v) is 4.25. The minimum absolute atomic E-state index is 0.191. The van der Waals surface area contributed by atoms with E-state index < -0.39 is 6.04 Å². The molecule has 25 heavy (non-hydrogen) atoms. The van der Waals surface area contributed by atoms with Gasteiger partial charge in [-0.3, -0.25) is 4.79 Å². The first-order valence-electron chi connectivity index (χ1n) is 7.88. The maximum atomic E-state index is 13.0. The summed E-state index contributed by atoms with van der Waals surface area (Å²) in [5.41, 5.74) is 2.96. The zero-order chi connectivity index (χ0) is 17.4. The molecule has 1 atom stereocenters. The molecular formula is C17H17N7O. The van der Waals surface area contributed by atoms with Gasteiger partial charge in [0.25, 0.3) is 5.91 Å². The van der Waals surface area contributed by atoms with Gasteiger partial charge in [-0.2, -0.15) is 4.68 Å². The monoisotopic (exact) mass is 335 g/mol. The van der Waals surface area contributed by atoms with E-state index in [0.29, 0.717) is 11.5 Å². The molecule has 2 N–H and O–H groups in total. The predicted molar refractivity (Wildman–Crippen MR) is 92.8 cm³/mol. The Kier molecular flexibility index (Phi) is 3.57. The second-order valence-electron chi connectivity index (χ2n) is 5.88. The number of rotatable bonds is 3. The number of aryl methyl sites for hydroxylation is 1. The molecule has 1 aromatic carbocycles. The molecule has 1 amide bonds. The van der Waals surface area contributed by atoms with Gasteiger partial charge in [-0.05, 0) is 41.6 Å². The molecule has 0 bridgehead atoms. The lowest BCUT2D eigenvalue weighted by atomic mass is 9.99. The fourth-order valence-corrected chi connectivity index (χ4v) is 3.06. The van der Waals surface area contributed by atoms with Gasteiger partial charge in [-0.25, -0.2) is 0 Å². The molecule has 2 aromatic heterocycles. The highest BCUT2D eigenvalue weighted by molar-refractivity contribution is 6.05. The number of nitrogens with zero attached hydrogens (tertiary/aromatic N) is 5. The second kappa shape index (κ2) is 5.90. The fourth-order valence-electron chi connectivity index (χ4n) is 3.06. The Hall–Kier alpha value is -3.42. The van der Waals surface area contributed by atoms with Crippen LogP contribution in [-0.4, -0.2) is 30.7 Å². The molecule has 0 saturated heterocycles. The van der Waals surface area contributed by atoms with Crippen molar-refractivity contribution in [1.82, 2.24) is 24.8 Å².